The van der Waals surface area contributed by atoms with Gasteiger partial charge in [0.25, 0.3) is 0 Å². The molecule has 2 heterocycles. The largest absolute Gasteiger partial charge is 0.441 e. The number of likely N-dealkylation sites (N-methyl/N-ethyl adjacent to an activating group) is 2. The average molecular weight is 1500 g/mol. The number of nitrogens with one attached hydrogen (secondary N) is 1. The Balaban J connectivity index is 1.48. The molecule has 0 bridgehead atoms. The lowest BCUT2D eigenvalue weighted by Gasteiger charge is -2.25. The number of carbonyl (C=O) groups excluding carboxylic acids is 9. The second kappa shape index (κ2) is 59.2. The summed E-state index contributed by atoms with van der Waals surface area (Å²) in [6.07, 6.45) is 9.09. The topological polar surface area (TPSA) is 293 Å². The van der Waals surface area contributed by atoms with Crippen molar-refractivity contribution in [3.63, 3.8) is 0 Å². The molecule has 29 heteroatoms. The zero-order valence-electron chi connectivity index (χ0n) is 63.3. The third-order valence-corrected chi connectivity index (χ3v) is 20.2. The number of likely N-dealkylation sites (tertiary alicyclic amines) is 2. The Morgan fingerprint density at radius 2 is 0.951 bits per heavy atom. The van der Waals surface area contributed by atoms with E-state index in [2.05, 4.69) is 24.1 Å². The lowest BCUT2D eigenvalue weighted by molar-refractivity contribution is -0.140. The molecule has 2 saturated heterocycles. The predicted molar refractivity (Wildman–Crippen MR) is 396 cm³/mol. The maximum Gasteiger partial charge on any atom is 0.415 e. The summed E-state index contributed by atoms with van der Waals surface area (Å²) in [5.41, 5.74) is 0.689. The van der Waals surface area contributed by atoms with Gasteiger partial charge in [-0.1, -0.05) is 51.7 Å². The summed E-state index contributed by atoms with van der Waals surface area (Å²) in [4.78, 5) is 126. The van der Waals surface area contributed by atoms with Crippen molar-refractivity contribution in [1.29, 1.82) is 0 Å². The van der Waals surface area contributed by atoms with Gasteiger partial charge in [-0.2, -0.15) is 0 Å². The highest BCUT2D eigenvalue weighted by atomic mass is 32.2. The number of amides is 7. The highest BCUT2D eigenvalue weighted by Gasteiger charge is 2.40. The SMILES string of the molecule is CCN(CC)CCN(CC)C(=O)Oc1ccc([C@H](CCCC(=O)N(CCCCCCSC2CC(=O)N(CCC(=O)CCCCOCC(COCCOC)OCCOC)C2=O)CCCCCCSC2CC(=O)N(CCC(=O)CCCCOCC(COCCOC)OCCOC)C2=O)OC(=O)NC)cc1. The van der Waals surface area contributed by atoms with E-state index in [1.54, 1.807) is 57.6 Å². The van der Waals surface area contributed by atoms with Crippen LogP contribution in [0.2, 0.25) is 0 Å². The Hall–Kier alpha value is -4.89. The molecule has 1 aromatic carbocycles. The monoisotopic (exact) mass is 1500 g/mol. The molecule has 5 atom stereocenters. The van der Waals surface area contributed by atoms with Gasteiger partial charge in [0.1, 0.15) is 35.6 Å². The number of Topliss-reactive ketones (excluding diaryl/α,β-unsaturated/α-hetero) is 2. The molecule has 0 aromatic heterocycles. The van der Waals surface area contributed by atoms with Gasteiger partial charge in [-0.25, -0.2) is 9.59 Å². The van der Waals surface area contributed by atoms with Gasteiger partial charge in [-0.3, -0.25) is 43.4 Å². The van der Waals surface area contributed by atoms with E-state index in [1.165, 1.54) is 40.4 Å². The van der Waals surface area contributed by atoms with Crippen molar-refractivity contribution in [2.24, 2.45) is 0 Å². The fourth-order valence-electron chi connectivity index (χ4n) is 11.3. The molecule has 2 aliphatic heterocycles. The average Bonchev–Trinajstić information content (AvgIpc) is 1.73. The summed E-state index contributed by atoms with van der Waals surface area (Å²) < 4.78 is 66.2. The molecule has 590 valence electrons. The van der Waals surface area contributed by atoms with Crippen LogP contribution in [-0.4, -0.2) is 299 Å². The molecule has 103 heavy (non-hydrogen) atoms. The first-order chi connectivity index (χ1) is 50.0. The number of hydrogen-bond donors (Lipinski definition) is 1. The van der Waals surface area contributed by atoms with Crippen LogP contribution in [0.5, 0.6) is 5.75 Å². The number of ketones is 2. The number of carbonyl (C=O) groups is 9. The Morgan fingerprint density at radius 3 is 1.40 bits per heavy atom. The van der Waals surface area contributed by atoms with Crippen molar-refractivity contribution in [3.8, 4) is 5.75 Å². The van der Waals surface area contributed by atoms with Crippen LogP contribution in [0.4, 0.5) is 9.59 Å². The lowest BCUT2D eigenvalue weighted by atomic mass is 10.0. The quantitative estimate of drug-likeness (QED) is 0.0470. The van der Waals surface area contributed by atoms with Crippen molar-refractivity contribution in [2.75, 3.05) is 198 Å². The van der Waals surface area contributed by atoms with E-state index in [0.29, 0.717) is 193 Å². The standard InChI is InChI=1S/C74H126N6O21S2/c1-9-76(10-2)39-40-77(11-3)74(89)100-62-31-29-59(30-32-62)65(101-73(88)75-4)27-24-28-68(83)78(35-18-12-14-22-51-102-66-53-69(84)79(71(66)86)37-33-60(81)25-16-20-41-94-55-63(98-49-45-92-7)57-96-47-43-90-5)36-19-13-15-23-52-103-67-54-70(85)80(72(67)87)38-34-61(82)26-17-21-42-95-56-64(99-50-46-93-8)58-97-48-44-91-6/h29-32,63-67H,9-28,33-58H2,1-8H3,(H,75,88)/t63?,64?,65-,66?,67?/m0/s1. The number of methoxy groups -OCH3 is 4. The molecule has 0 radical (unpaired) electrons. The molecule has 1 N–H and O–H groups in total. The van der Waals surface area contributed by atoms with Crippen molar-refractivity contribution < 1.29 is 100.0 Å². The number of hydrogen-bond acceptors (Lipinski definition) is 24. The Labute approximate surface area is 622 Å². The maximum absolute atomic E-state index is 14.1. The number of thioether (sulfide) groups is 2. The van der Waals surface area contributed by atoms with E-state index >= 15 is 0 Å². The summed E-state index contributed by atoms with van der Waals surface area (Å²) >= 11 is 2.96. The van der Waals surface area contributed by atoms with E-state index in [4.69, 9.17) is 56.8 Å². The normalized spacial score (nSPS) is 15.5. The van der Waals surface area contributed by atoms with Crippen molar-refractivity contribution in [1.82, 2.24) is 29.8 Å². The summed E-state index contributed by atoms with van der Waals surface area (Å²) in [5, 5.41) is 1.57. The van der Waals surface area contributed by atoms with E-state index in [-0.39, 0.29) is 98.5 Å². The minimum Gasteiger partial charge on any atom is -0.441 e. The van der Waals surface area contributed by atoms with Crippen LogP contribution in [0.25, 0.3) is 0 Å². The molecule has 2 aliphatic rings. The molecule has 1 aromatic rings. The molecular weight excluding hydrogens is 1370 g/mol. The molecule has 0 saturated carbocycles. The number of ether oxygens (including phenoxy) is 12. The molecule has 4 unspecified atom stereocenters. The Bertz CT molecular complexity index is 2400. The van der Waals surface area contributed by atoms with Gasteiger partial charge < -0.3 is 76.9 Å². The van der Waals surface area contributed by atoms with Crippen LogP contribution in [0, 0.1) is 0 Å². The van der Waals surface area contributed by atoms with Gasteiger partial charge in [0.15, 0.2) is 0 Å². The number of nitrogens with zero attached hydrogens (tertiary/aromatic N) is 5. The van der Waals surface area contributed by atoms with Crippen LogP contribution in [-0.2, 0) is 85.7 Å². The lowest BCUT2D eigenvalue weighted by Crippen LogP contribution is -2.40. The maximum atomic E-state index is 14.1. The third kappa shape index (κ3) is 41.1. The van der Waals surface area contributed by atoms with Gasteiger partial charge in [-0.05, 0) is 113 Å². The Kier molecular flexibility index (Phi) is 53.0. The third-order valence-electron chi connectivity index (χ3n) is 17.6. The smallest absolute Gasteiger partial charge is 0.415 e. The molecule has 7 amide bonds. The van der Waals surface area contributed by atoms with E-state index in [1.807, 2.05) is 11.8 Å². The number of imide groups is 2. The molecule has 27 nitrogen and oxygen atoms in total. The van der Waals surface area contributed by atoms with E-state index in [0.717, 1.165) is 71.0 Å². The molecule has 0 spiro atoms. The first-order valence-electron chi connectivity index (χ1n) is 37.5. The van der Waals surface area contributed by atoms with Crippen LogP contribution in [0.1, 0.15) is 167 Å². The van der Waals surface area contributed by atoms with Crippen molar-refractivity contribution >= 4 is 76.8 Å². The second-order valence-electron chi connectivity index (χ2n) is 25.4. The van der Waals surface area contributed by atoms with E-state index < -0.39 is 28.8 Å². The van der Waals surface area contributed by atoms with Crippen LogP contribution < -0.4 is 10.1 Å². The molecule has 0 aliphatic carbocycles. The van der Waals surface area contributed by atoms with Crippen molar-refractivity contribution in [3.05, 3.63) is 29.8 Å². The molecule has 3 rings (SSSR count). The van der Waals surface area contributed by atoms with Gasteiger partial charge in [0.2, 0.25) is 29.5 Å². The molecule has 2 fully saturated rings. The zero-order chi connectivity index (χ0) is 75.1. The van der Waals surface area contributed by atoms with Crippen LogP contribution in [0.15, 0.2) is 24.3 Å². The minimum absolute atomic E-state index is 0.00794. The van der Waals surface area contributed by atoms with Crippen molar-refractivity contribution in [2.45, 2.75) is 184 Å². The van der Waals surface area contributed by atoms with Gasteiger partial charge in [0.05, 0.1) is 89.8 Å². The summed E-state index contributed by atoms with van der Waals surface area (Å²) in [6.45, 7) is 16.8. The highest BCUT2D eigenvalue weighted by Crippen LogP contribution is 2.30. The Morgan fingerprint density at radius 1 is 0.495 bits per heavy atom. The van der Waals surface area contributed by atoms with Gasteiger partial charge in [0, 0.05) is 139 Å². The first-order valence-corrected chi connectivity index (χ1v) is 39.6. The fourth-order valence-corrected chi connectivity index (χ4v) is 13.7. The minimum atomic E-state index is -0.676. The first kappa shape index (κ1) is 92.3. The number of benzene rings is 1. The van der Waals surface area contributed by atoms with E-state index in [9.17, 15) is 43.2 Å². The predicted octanol–water partition coefficient (Wildman–Crippen LogP) is 8.77. The number of rotatable bonds is 67. The van der Waals surface area contributed by atoms with Crippen LogP contribution in [0.3, 0.4) is 0 Å². The molecular formula is C74H126N6O21S2. The summed E-state index contributed by atoms with van der Waals surface area (Å²) in [5.74, 6) is 0.716. The van der Waals surface area contributed by atoms with Gasteiger partial charge >= 0.3 is 12.2 Å². The summed E-state index contributed by atoms with van der Waals surface area (Å²) in [7, 11) is 7.92. The van der Waals surface area contributed by atoms with Gasteiger partial charge in [-0.15, -0.1) is 23.5 Å². The fraction of sp³-hybridized carbons (Fsp3) is 0.797. The number of alkyl carbamates (subject to hydrolysis) is 1. The zero-order valence-corrected chi connectivity index (χ0v) is 65.0. The highest BCUT2D eigenvalue weighted by molar-refractivity contribution is 8.00. The second-order valence-corrected chi connectivity index (χ2v) is 28.1. The van der Waals surface area contributed by atoms with Crippen LogP contribution >= 0.6 is 23.5 Å². The number of unbranched alkanes of at least 4 members (excludes halogenated alkanes) is 8. The summed E-state index contributed by atoms with van der Waals surface area (Å²) in [6, 6.07) is 6.88.